The summed E-state index contributed by atoms with van der Waals surface area (Å²) in [5, 5.41) is 13.7. The lowest BCUT2D eigenvalue weighted by atomic mass is 10.2. The monoisotopic (exact) mass is 381 g/mol. The van der Waals surface area contributed by atoms with Crippen LogP contribution in [0.1, 0.15) is 19.7 Å². The molecule has 1 aliphatic rings. The van der Waals surface area contributed by atoms with Crippen LogP contribution in [0.3, 0.4) is 0 Å². The molecule has 2 N–H and O–H groups in total. The highest BCUT2D eigenvalue weighted by molar-refractivity contribution is 5.89. The lowest BCUT2D eigenvalue weighted by Crippen LogP contribution is -2.45. The summed E-state index contributed by atoms with van der Waals surface area (Å²) in [5.41, 5.74) is 1.37. The van der Waals surface area contributed by atoms with Crippen LogP contribution in [0.2, 0.25) is 0 Å². The van der Waals surface area contributed by atoms with Crippen molar-refractivity contribution in [2.24, 2.45) is 0 Å². The number of nitrogens with one attached hydrogen (secondary N) is 2. The number of anilines is 2. The first kappa shape index (κ1) is 18.2. The first-order valence-electron chi connectivity index (χ1n) is 9.28. The second-order valence-corrected chi connectivity index (χ2v) is 6.92. The average Bonchev–Trinajstić information content (AvgIpc) is 3.09. The topological polar surface area (TPSA) is 96.7 Å². The molecule has 0 aliphatic carbocycles. The van der Waals surface area contributed by atoms with Gasteiger partial charge in [-0.25, -0.2) is 9.78 Å². The Morgan fingerprint density at radius 3 is 2.75 bits per heavy atom. The zero-order valence-electron chi connectivity index (χ0n) is 15.9. The van der Waals surface area contributed by atoms with Gasteiger partial charge in [-0.3, -0.25) is 4.40 Å². The molecular weight excluding hydrogens is 358 g/mol. The largest absolute Gasteiger partial charge is 0.372 e. The maximum atomic E-state index is 12.2. The Morgan fingerprint density at radius 2 is 2.00 bits per heavy atom. The molecule has 1 aliphatic heterocycles. The molecule has 9 heteroatoms. The molecular formula is C19H23N7O2. The molecule has 4 rings (SSSR count). The summed E-state index contributed by atoms with van der Waals surface area (Å²) in [5.74, 6) is 1.54. The van der Waals surface area contributed by atoms with Crippen molar-refractivity contribution in [1.29, 1.82) is 0 Å². The summed E-state index contributed by atoms with van der Waals surface area (Å²) < 4.78 is 7.59. The van der Waals surface area contributed by atoms with E-state index in [9.17, 15) is 4.79 Å². The molecule has 1 saturated heterocycles. The van der Waals surface area contributed by atoms with Gasteiger partial charge in [0.05, 0.1) is 30.6 Å². The van der Waals surface area contributed by atoms with E-state index in [1.165, 1.54) is 0 Å². The zero-order chi connectivity index (χ0) is 19.5. The van der Waals surface area contributed by atoms with Crippen LogP contribution in [0.5, 0.6) is 0 Å². The highest BCUT2D eigenvalue weighted by Gasteiger charge is 2.23. The molecule has 0 saturated carbocycles. The number of hydrogen-bond donors (Lipinski definition) is 2. The van der Waals surface area contributed by atoms with E-state index in [-0.39, 0.29) is 24.8 Å². The predicted octanol–water partition coefficient (Wildman–Crippen LogP) is 2.06. The van der Waals surface area contributed by atoms with Gasteiger partial charge in [-0.1, -0.05) is 6.07 Å². The number of amides is 2. The molecule has 2 amide bonds. The number of nitrogens with zero attached hydrogens (tertiary/aromatic N) is 5. The molecule has 4 heterocycles. The number of ether oxygens (including phenoxy) is 1. The third kappa shape index (κ3) is 4.04. The SMILES string of the molecule is C[C@@H]1CN(c2ccc(NC(=O)NCc3nnc4ccccn34)cn2)C[C@@H](C)O1. The van der Waals surface area contributed by atoms with Crippen LogP contribution in [-0.4, -0.2) is 50.9 Å². The van der Waals surface area contributed by atoms with Gasteiger partial charge in [-0.15, -0.1) is 10.2 Å². The lowest BCUT2D eigenvalue weighted by Gasteiger charge is -2.36. The van der Waals surface area contributed by atoms with Crippen molar-refractivity contribution >= 4 is 23.2 Å². The van der Waals surface area contributed by atoms with Gasteiger partial charge in [0.1, 0.15) is 5.82 Å². The van der Waals surface area contributed by atoms with E-state index in [4.69, 9.17) is 4.74 Å². The molecule has 2 atom stereocenters. The first-order valence-corrected chi connectivity index (χ1v) is 9.28. The number of carbonyl (C=O) groups excluding carboxylic acids is 1. The van der Waals surface area contributed by atoms with Crippen molar-refractivity contribution in [3.63, 3.8) is 0 Å². The minimum atomic E-state index is -0.323. The summed E-state index contributed by atoms with van der Waals surface area (Å²) in [6, 6.07) is 9.08. The van der Waals surface area contributed by atoms with Crippen LogP contribution < -0.4 is 15.5 Å². The van der Waals surface area contributed by atoms with Crippen molar-refractivity contribution in [1.82, 2.24) is 24.9 Å². The van der Waals surface area contributed by atoms with Gasteiger partial charge in [0.25, 0.3) is 0 Å². The van der Waals surface area contributed by atoms with Crippen molar-refractivity contribution in [3.05, 3.63) is 48.5 Å². The van der Waals surface area contributed by atoms with E-state index in [1.54, 1.807) is 6.20 Å². The number of fused-ring (bicyclic) bond motifs is 1. The number of pyridine rings is 2. The number of rotatable bonds is 4. The number of aromatic nitrogens is 4. The Kier molecular flexibility index (Phi) is 5.07. The fourth-order valence-electron chi connectivity index (χ4n) is 3.36. The van der Waals surface area contributed by atoms with Gasteiger partial charge >= 0.3 is 6.03 Å². The third-order valence-electron chi connectivity index (χ3n) is 4.54. The van der Waals surface area contributed by atoms with E-state index in [0.29, 0.717) is 11.5 Å². The van der Waals surface area contributed by atoms with E-state index in [2.05, 4.69) is 44.6 Å². The molecule has 3 aromatic rings. The first-order chi connectivity index (χ1) is 13.6. The Labute approximate surface area is 162 Å². The minimum absolute atomic E-state index is 0.169. The Morgan fingerprint density at radius 1 is 1.18 bits per heavy atom. The highest BCUT2D eigenvalue weighted by Crippen LogP contribution is 2.19. The third-order valence-corrected chi connectivity index (χ3v) is 4.54. The second-order valence-electron chi connectivity index (χ2n) is 6.92. The van der Waals surface area contributed by atoms with Crippen LogP contribution in [0, 0.1) is 0 Å². The Balaban J connectivity index is 1.33. The fourth-order valence-corrected chi connectivity index (χ4v) is 3.36. The molecule has 0 radical (unpaired) electrons. The normalized spacial score (nSPS) is 19.6. The Bertz CT molecular complexity index is 946. The molecule has 146 valence electrons. The summed E-state index contributed by atoms with van der Waals surface area (Å²) in [6.07, 6.45) is 3.86. The van der Waals surface area contributed by atoms with Gasteiger partial charge < -0.3 is 20.3 Å². The van der Waals surface area contributed by atoms with Crippen LogP contribution in [0.4, 0.5) is 16.3 Å². The van der Waals surface area contributed by atoms with E-state index < -0.39 is 0 Å². The maximum absolute atomic E-state index is 12.2. The van der Waals surface area contributed by atoms with Gasteiger partial charge in [0, 0.05) is 19.3 Å². The number of hydrogen-bond acceptors (Lipinski definition) is 6. The maximum Gasteiger partial charge on any atom is 0.319 e. The van der Waals surface area contributed by atoms with E-state index >= 15 is 0 Å². The van der Waals surface area contributed by atoms with Crippen molar-refractivity contribution in [2.75, 3.05) is 23.3 Å². The van der Waals surface area contributed by atoms with Gasteiger partial charge in [-0.05, 0) is 38.1 Å². The van der Waals surface area contributed by atoms with Gasteiger partial charge in [-0.2, -0.15) is 0 Å². The Hall–Kier alpha value is -3.20. The van der Waals surface area contributed by atoms with Crippen molar-refractivity contribution in [2.45, 2.75) is 32.6 Å². The van der Waals surface area contributed by atoms with Gasteiger partial charge in [0.15, 0.2) is 11.5 Å². The summed E-state index contributed by atoms with van der Waals surface area (Å²) >= 11 is 0. The zero-order valence-corrected chi connectivity index (χ0v) is 15.9. The van der Waals surface area contributed by atoms with Crippen LogP contribution >= 0.6 is 0 Å². The molecule has 1 fully saturated rings. The quantitative estimate of drug-likeness (QED) is 0.718. The minimum Gasteiger partial charge on any atom is -0.372 e. The lowest BCUT2D eigenvalue weighted by molar-refractivity contribution is -0.00545. The van der Waals surface area contributed by atoms with Crippen molar-refractivity contribution < 1.29 is 9.53 Å². The number of morpholine rings is 1. The molecule has 28 heavy (non-hydrogen) atoms. The summed E-state index contributed by atoms with van der Waals surface area (Å²) in [4.78, 5) is 18.9. The molecule has 0 unspecified atom stereocenters. The highest BCUT2D eigenvalue weighted by atomic mass is 16.5. The van der Waals surface area contributed by atoms with Gasteiger partial charge in [0.2, 0.25) is 0 Å². The van der Waals surface area contributed by atoms with E-state index in [0.717, 1.165) is 24.6 Å². The summed E-state index contributed by atoms with van der Waals surface area (Å²) in [6.45, 7) is 5.99. The summed E-state index contributed by atoms with van der Waals surface area (Å²) in [7, 11) is 0. The predicted molar refractivity (Wildman–Crippen MR) is 105 cm³/mol. The molecule has 0 spiro atoms. The molecule has 0 bridgehead atoms. The molecule has 0 aromatic carbocycles. The average molecular weight is 381 g/mol. The smallest absolute Gasteiger partial charge is 0.319 e. The second kappa shape index (κ2) is 7.81. The number of carbonyl (C=O) groups is 1. The number of urea groups is 1. The van der Waals surface area contributed by atoms with E-state index in [1.807, 2.05) is 40.9 Å². The fraction of sp³-hybridized carbons (Fsp3) is 0.368. The van der Waals surface area contributed by atoms with Crippen molar-refractivity contribution in [3.8, 4) is 0 Å². The molecule has 9 nitrogen and oxygen atoms in total. The standard InChI is InChI=1S/C19H23N7O2/c1-13-11-25(12-14(2)28-13)16-7-6-15(9-20-16)22-19(27)21-10-18-24-23-17-5-3-4-8-26(17)18/h3-9,13-14H,10-12H2,1-2H3,(H2,21,22,27)/t13-,14-/m1/s1. The van der Waals surface area contributed by atoms with Crippen LogP contribution in [0.15, 0.2) is 42.7 Å². The molecule has 3 aromatic heterocycles. The van der Waals surface area contributed by atoms with Crippen LogP contribution in [0.25, 0.3) is 5.65 Å². The van der Waals surface area contributed by atoms with Crippen LogP contribution in [-0.2, 0) is 11.3 Å².